The van der Waals surface area contributed by atoms with Gasteiger partial charge in [0.25, 0.3) is 0 Å². The van der Waals surface area contributed by atoms with Crippen molar-refractivity contribution in [3.63, 3.8) is 0 Å². The van der Waals surface area contributed by atoms with Crippen molar-refractivity contribution in [2.24, 2.45) is 0 Å². The van der Waals surface area contributed by atoms with Gasteiger partial charge in [-0.05, 0) is 256 Å². The number of aromatic amines is 6. The fourth-order valence-electron chi connectivity index (χ4n) is 15.8. The number of halogens is 2. The van der Waals surface area contributed by atoms with Crippen LogP contribution in [0.3, 0.4) is 0 Å². The number of imidazole rings is 1. The van der Waals surface area contributed by atoms with E-state index in [1.807, 2.05) is 125 Å². The maximum Gasteiger partial charge on any atom is 0.227 e. The van der Waals surface area contributed by atoms with Gasteiger partial charge in [0.05, 0.1) is 11.0 Å². The molecule has 0 spiro atoms. The molecule has 8 heterocycles. The number of benzene rings is 10. The van der Waals surface area contributed by atoms with Gasteiger partial charge in [0.1, 0.15) is 17.2 Å². The van der Waals surface area contributed by atoms with Crippen LogP contribution in [0.2, 0.25) is 5.02 Å². The highest BCUT2D eigenvalue weighted by atomic mass is 35.5. The highest BCUT2D eigenvalue weighted by molar-refractivity contribution is 6.32. The number of hydrogen-bond donors (Lipinski definition) is 6. The van der Waals surface area contributed by atoms with E-state index in [1.54, 1.807) is 6.07 Å². The summed E-state index contributed by atoms with van der Waals surface area (Å²) >= 11 is 6.23. The molecule has 664 valence electrons. The van der Waals surface area contributed by atoms with Crippen molar-refractivity contribution in [3.05, 3.63) is 327 Å². The molecule has 127 heavy (non-hydrogen) atoms. The zero-order valence-corrected chi connectivity index (χ0v) is 82.1. The Morgan fingerprint density at radius 3 is 1.37 bits per heavy atom. The third-order valence-corrected chi connectivity index (χ3v) is 23.6. The molecule has 0 unspecified atom stereocenters. The quantitative estimate of drug-likeness (QED) is 0.105. The van der Waals surface area contributed by atoms with Crippen LogP contribution in [0.1, 0.15) is 261 Å². The molecule has 0 fully saturated rings. The van der Waals surface area contributed by atoms with Crippen LogP contribution in [0.5, 0.6) is 0 Å². The Morgan fingerprint density at radius 2 is 0.827 bits per heavy atom. The minimum Gasteiger partial charge on any atom is -0.436 e. The number of rotatable bonds is 3. The Morgan fingerprint density at radius 1 is 0.346 bits per heavy atom. The number of nitrogens with one attached hydrogen (secondary N) is 6. The molecular formula is C115H139ClFN9O. The van der Waals surface area contributed by atoms with Gasteiger partial charge in [0, 0.05) is 114 Å². The normalized spacial score (nSPS) is 12.3. The first-order chi connectivity index (χ1) is 59.2. The molecule has 10 nitrogen and oxygen atoms in total. The van der Waals surface area contributed by atoms with Crippen molar-refractivity contribution in [1.29, 1.82) is 0 Å². The average molecular weight is 1720 g/mol. The Hall–Kier alpha value is -11.5. The average Bonchev–Trinajstić information content (AvgIpc) is 1.55. The van der Waals surface area contributed by atoms with Crippen molar-refractivity contribution < 1.29 is 8.81 Å². The largest absolute Gasteiger partial charge is 0.436 e. The SMILES string of the molecule is CC(C)(C)c1cc2[nH]ccc2cc1Cl.CC(C)(C)c1cc2[nH]ccc2cc1F.CC(C)(C)c1cc2cc[nH]c2cc1C(C)(C)C.CC(C)(C)c1cc2ccccc2cn1.CC(C)(C)c1ccc2nc(-c3ccccc3)[nH]c2c1.CCc1cc2cc[nH]c2cc1C(C)(C)C.Cc1c[nH]c2cccc(C(C)(C)C)c12.Cc1ccccc1-c1nc2cc(C(C)(C)C)ccc2o1. The Balaban J connectivity index is 0.000000141. The summed E-state index contributed by atoms with van der Waals surface area (Å²) in [5, 5.41) is 9.44. The van der Waals surface area contributed by atoms with Crippen LogP contribution in [0.4, 0.5) is 4.39 Å². The van der Waals surface area contributed by atoms with Gasteiger partial charge in [-0.25, -0.2) is 14.4 Å². The maximum absolute atomic E-state index is 13.7. The van der Waals surface area contributed by atoms with E-state index in [1.165, 1.54) is 105 Å². The van der Waals surface area contributed by atoms with E-state index < -0.39 is 0 Å². The molecule has 0 aliphatic heterocycles. The van der Waals surface area contributed by atoms with E-state index in [2.05, 4.69) is 371 Å². The van der Waals surface area contributed by atoms with E-state index in [9.17, 15) is 4.39 Å². The predicted molar refractivity (Wildman–Crippen MR) is 546 cm³/mol. The number of oxazole rings is 1. The van der Waals surface area contributed by atoms with Crippen LogP contribution in [0.15, 0.2) is 254 Å². The Kier molecular flexibility index (Phi) is 28.9. The second-order valence-corrected chi connectivity index (χ2v) is 43.7. The minimum atomic E-state index is -0.149. The van der Waals surface area contributed by atoms with Crippen LogP contribution in [-0.4, -0.2) is 44.9 Å². The lowest BCUT2D eigenvalue weighted by Crippen LogP contribution is -2.21. The molecular weight excluding hydrogens is 1580 g/mol. The molecule has 6 N–H and O–H groups in total. The van der Waals surface area contributed by atoms with E-state index in [-0.39, 0.29) is 54.6 Å². The third-order valence-electron chi connectivity index (χ3n) is 23.3. The standard InChI is InChI=1S/C18H19NO.C17H18N2.C16H23N.C14H19N.C13H17N.C13H15N.C12H14ClN.C12H14FN/c1-12-7-5-6-8-14(12)17-19-15-11-13(18(2,3)4)9-10-16(15)20-17;1-17(2,3)13-9-10-14-15(11-13)19-16(18-14)12-7-5-4-6-8-12;1-15(2,3)12-9-11-7-8-17-14(11)10-13(12)16(4,5)6;1-5-10-8-11-6-7-15-13(11)9-12(10)14(2,3)4;1-9-8-14-11-7-5-6-10(12(9)11)13(2,3)4;1-13(2,3)12-8-10-6-4-5-7-11(10)9-14-12;2*1-12(2,3)9-7-11-8(4-5-14-11)6-10(9)13/h5-11H,1-4H3;4-11H,1-3H3,(H,18,19);7-10,17H,1-6H3;6-9,15H,5H2,1-4H3;5-8,14H,1-4H3;4-9H,1-3H3;2*4-7,14H,1-3H3. The van der Waals surface area contributed by atoms with Crippen molar-refractivity contribution in [2.75, 3.05) is 0 Å². The van der Waals surface area contributed by atoms with Crippen molar-refractivity contribution >= 4 is 99.0 Å². The number of fused-ring (bicyclic) bond motifs is 8. The molecule has 8 aromatic heterocycles. The molecule has 18 rings (SSSR count). The summed E-state index contributed by atoms with van der Waals surface area (Å²) in [5.41, 5.74) is 28.6. The highest BCUT2D eigenvalue weighted by Gasteiger charge is 2.28. The van der Waals surface area contributed by atoms with E-state index in [0.717, 1.165) is 78.2 Å². The Bertz CT molecular complexity index is 6600. The molecule has 0 aliphatic rings. The van der Waals surface area contributed by atoms with Crippen LogP contribution < -0.4 is 0 Å². The monoisotopic (exact) mass is 1720 g/mol. The summed E-state index contributed by atoms with van der Waals surface area (Å²) in [5.74, 6) is 1.51. The van der Waals surface area contributed by atoms with E-state index in [0.29, 0.717) is 5.89 Å². The summed E-state index contributed by atoms with van der Waals surface area (Å²) in [6, 6.07) is 73.2. The van der Waals surface area contributed by atoms with Gasteiger partial charge in [-0.15, -0.1) is 0 Å². The van der Waals surface area contributed by atoms with Crippen LogP contribution in [0, 0.1) is 19.7 Å². The molecule has 0 saturated carbocycles. The zero-order valence-electron chi connectivity index (χ0n) is 81.4. The second kappa shape index (κ2) is 38.2. The van der Waals surface area contributed by atoms with Crippen LogP contribution >= 0.6 is 11.6 Å². The lowest BCUT2D eigenvalue weighted by atomic mass is 9.75. The predicted octanol–water partition coefficient (Wildman–Crippen LogP) is 33.4. The van der Waals surface area contributed by atoms with Crippen LogP contribution in [-0.2, 0) is 55.2 Å². The molecule has 18 aromatic rings. The van der Waals surface area contributed by atoms with Gasteiger partial charge in [0.15, 0.2) is 5.58 Å². The van der Waals surface area contributed by atoms with Crippen molar-refractivity contribution in [1.82, 2.24) is 44.9 Å². The molecule has 0 aliphatic carbocycles. The van der Waals surface area contributed by atoms with Gasteiger partial charge in [-0.2, -0.15) is 0 Å². The van der Waals surface area contributed by atoms with Crippen molar-refractivity contribution in [3.8, 4) is 22.8 Å². The third kappa shape index (κ3) is 24.2. The molecule has 10 aromatic carbocycles. The smallest absolute Gasteiger partial charge is 0.227 e. The first kappa shape index (κ1) is 96.1. The number of aryl methyl sites for hydroxylation is 3. The number of nitrogens with zero attached hydrogens (tertiary/aromatic N) is 3. The second-order valence-electron chi connectivity index (χ2n) is 43.3. The Labute approximate surface area is 760 Å². The summed E-state index contributed by atoms with van der Waals surface area (Å²) < 4.78 is 19.6. The van der Waals surface area contributed by atoms with Gasteiger partial charge >= 0.3 is 0 Å². The zero-order chi connectivity index (χ0) is 92.9. The summed E-state index contributed by atoms with van der Waals surface area (Å²) in [4.78, 5) is 33.4. The number of pyridine rings is 1. The summed E-state index contributed by atoms with van der Waals surface area (Å²) in [6.07, 6.45) is 12.9. The molecule has 12 heteroatoms. The molecule has 0 bridgehead atoms. The highest BCUT2D eigenvalue weighted by Crippen LogP contribution is 2.40. The van der Waals surface area contributed by atoms with Gasteiger partial charge < -0.3 is 34.3 Å². The van der Waals surface area contributed by atoms with Gasteiger partial charge in [-0.3, -0.25) is 4.98 Å². The lowest BCUT2D eigenvalue weighted by Gasteiger charge is -2.30. The number of H-pyrrole nitrogens is 6. The summed E-state index contributed by atoms with van der Waals surface area (Å²) in [7, 11) is 0. The molecule has 0 radical (unpaired) electrons. The first-order valence-corrected chi connectivity index (χ1v) is 45.3. The molecule has 0 amide bonds. The molecule has 0 saturated heterocycles. The van der Waals surface area contributed by atoms with Gasteiger partial charge in [0.2, 0.25) is 5.89 Å². The fourth-order valence-corrected chi connectivity index (χ4v) is 16.2. The topological polar surface area (TPSA) is 147 Å². The number of aromatic nitrogens is 9. The lowest BCUT2D eigenvalue weighted by molar-refractivity contribution is 0.524. The summed E-state index contributed by atoms with van der Waals surface area (Å²) in [6.45, 7) is 66.2. The van der Waals surface area contributed by atoms with E-state index in [4.69, 9.17) is 16.0 Å². The first-order valence-electron chi connectivity index (χ1n) is 45.0. The maximum atomic E-state index is 13.7. The fraction of sp³-hybridized carbons (Fsp3) is 0.348. The van der Waals surface area contributed by atoms with Gasteiger partial charge in [-0.1, -0.05) is 303 Å². The number of hydrogen-bond acceptors (Lipinski definition) is 4. The minimum absolute atomic E-state index is 0.0936. The van der Waals surface area contributed by atoms with E-state index >= 15 is 0 Å². The van der Waals surface area contributed by atoms with Crippen molar-refractivity contribution in [2.45, 2.75) is 263 Å². The molecule has 0 atom stereocenters. The van der Waals surface area contributed by atoms with Crippen LogP contribution in [0.25, 0.3) is 110 Å².